The first-order valence-corrected chi connectivity index (χ1v) is 10.00. The number of nitrogens with one attached hydrogen (secondary N) is 1. The van der Waals surface area contributed by atoms with Crippen molar-refractivity contribution >= 4 is 5.91 Å². The van der Waals surface area contributed by atoms with Gasteiger partial charge >= 0.3 is 0 Å². The van der Waals surface area contributed by atoms with Crippen molar-refractivity contribution in [2.75, 3.05) is 20.3 Å². The summed E-state index contributed by atoms with van der Waals surface area (Å²) in [7, 11) is 1.62. The lowest BCUT2D eigenvalue weighted by Gasteiger charge is -2.33. The second kappa shape index (κ2) is 10.1. The molecule has 1 fully saturated rings. The molecule has 28 heavy (non-hydrogen) atoms. The molecule has 1 unspecified atom stereocenters. The van der Waals surface area contributed by atoms with Gasteiger partial charge in [-0.25, -0.2) is 0 Å². The molecule has 3 rings (SSSR count). The van der Waals surface area contributed by atoms with Gasteiger partial charge in [-0.05, 0) is 61.7 Å². The van der Waals surface area contributed by atoms with Gasteiger partial charge in [0.2, 0.25) is 0 Å². The van der Waals surface area contributed by atoms with E-state index in [1.807, 2.05) is 18.2 Å². The van der Waals surface area contributed by atoms with Gasteiger partial charge in [-0.3, -0.25) is 9.69 Å². The summed E-state index contributed by atoms with van der Waals surface area (Å²) in [6, 6.07) is 16.2. The fraction of sp³-hybridized carbons (Fsp3) is 0.435. The fourth-order valence-corrected chi connectivity index (χ4v) is 3.56. The van der Waals surface area contributed by atoms with Gasteiger partial charge in [0.05, 0.1) is 7.11 Å². The number of methoxy groups -OCH3 is 1. The molecule has 150 valence electrons. The lowest BCUT2D eigenvalue weighted by atomic mass is 10.0. The van der Waals surface area contributed by atoms with Gasteiger partial charge in [0, 0.05) is 19.1 Å². The summed E-state index contributed by atoms with van der Waals surface area (Å²) in [5.74, 6) is 1.28. The quantitative estimate of drug-likeness (QED) is 0.755. The zero-order valence-corrected chi connectivity index (χ0v) is 16.8. The Morgan fingerprint density at radius 3 is 2.50 bits per heavy atom. The van der Waals surface area contributed by atoms with Crippen LogP contribution in [0.15, 0.2) is 48.5 Å². The van der Waals surface area contributed by atoms with Crippen LogP contribution in [0.1, 0.15) is 37.3 Å². The predicted molar refractivity (Wildman–Crippen MR) is 111 cm³/mol. The largest absolute Gasteiger partial charge is 0.497 e. The molecule has 0 saturated carbocycles. The maximum absolute atomic E-state index is 12.2. The predicted octanol–water partition coefficient (Wildman–Crippen LogP) is 3.76. The van der Waals surface area contributed by atoms with E-state index in [0.29, 0.717) is 18.3 Å². The molecule has 0 aliphatic carbocycles. The molecule has 0 aromatic heterocycles. The van der Waals surface area contributed by atoms with Gasteiger partial charge in [-0.15, -0.1) is 0 Å². The number of ether oxygens (including phenoxy) is 2. The summed E-state index contributed by atoms with van der Waals surface area (Å²) in [6.07, 6.45) is 3.86. The molecule has 0 radical (unpaired) electrons. The number of amides is 1. The van der Waals surface area contributed by atoms with Gasteiger partial charge in [-0.1, -0.05) is 30.7 Å². The van der Waals surface area contributed by atoms with Crippen LogP contribution in [-0.2, 0) is 17.9 Å². The maximum Gasteiger partial charge on any atom is 0.258 e. The highest BCUT2D eigenvalue weighted by atomic mass is 16.5. The highest BCUT2D eigenvalue weighted by molar-refractivity contribution is 5.77. The van der Waals surface area contributed by atoms with E-state index in [2.05, 4.69) is 35.3 Å². The summed E-state index contributed by atoms with van der Waals surface area (Å²) >= 11 is 0. The van der Waals surface area contributed by atoms with E-state index >= 15 is 0 Å². The number of piperidine rings is 1. The van der Waals surface area contributed by atoms with E-state index in [9.17, 15) is 4.79 Å². The number of benzene rings is 2. The van der Waals surface area contributed by atoms with Crippen LogP contribution in [0.2, 0.25) is 0 Å². The average molecular weight is 383 g/mol. The third-order valence-electron chi connectivity index (χ3n) is 5.34. The monoisotopic (exact) mass is 382 g/mol. The SMILES string of the molecule is COc1ccc(OCC(=O)NCc2ccccc2CN2CCCCC2C)cc1. The maximum atomic E-state index is 12.2. The Morgan fingerprint density at radius 1 is 1.07 bits per heavy atom. The Labute approximate surface area is 167 Å². The van der Waals surface area contributed by atoms with Gasteiger partial charge in [0.25, 0.3) is 5.91 Å². The zero-order chi connectivity index (χ0) is 19.8. The van der Waals surface area contributed by atoms with Crippen molar-refractivity contribution in [2.45, 2.75) is 45.3 Å². The van der Waals surface area contributed by atoms with Gasteiger partial charge in [-0.2, -0.15) is 0 Å². The average Bonchev–Trinajstić information content (AvgIpc) is 2.73. The number of hydrogen-bond donors (Lipinski definition) is 1. The third-order valence-corrected chi connectivity index (χ3v) is 5.34. The summed E-state index contributed by atoms with van der Waals surface area (Å²) < 4.78 is 10.7. The van der Waals surface area contributed by atoms with Crippen molar-refractivity contribution in [3.63, 3.8) is 0 Å². The molecular weight excluding hydrogens is 352 g/mol. The van der Waals surface area contributed by atoms with E-state index in [-0.39, 0.29) is 12.5 Å². The molecular formula is C23H30N2O3. The molecule has 1 heterocycles. The van der Waals surface area contributed by atoms with Crippen molar-refractivity contribution in [1.29, 1.82) is 0 Å². The van der Waals surface area contributed by atoms with Gasteiger partial charge < -0.3 is 14.8 Å². The van der Waals surface area contributed by atoms with Crippen LogP contribution in [-0.4, -0.2) is 37.1 Å². The van der Waals surface area contributed by atoms with Crippen LogP contribution in [0, 0.1) is 0 Å². The summed E-state index contributed by atoms with van der Waals surface area (Å²) in [5.41, 5.74) is 2.45. The van der Waals surface area contributed by atoms with Crippen molar-refractivity contribution < 1.29 is 14.3 Å². The first-order chi connectivity index (χ1) is 13.7. The Bertz CT molecular complexity index is 761. The van der Waals surface area contributed by atoms with Gasteiger partial charge in [0.15, 0.2) is 6.61 Å². The number of nitrogens with zero attached hydrogens (tertiary/aromatic N) is 1. The molecule has 0 spiro atoms. The minimum atomic E-state index is -0.128. The highest BCUT2D eigenvalue weighted by Crippen LogP contribution is 2.21. The molecule has 1 atom stereocenters. The number of likely N-dealkylation sites (tertiary alicyclic amines) is 1. The number of carbonyl (C=O) groups excluding carboxylic acids is 1. The first-order valence-electron chi connectivity index (χ1n) is 10.00. The summed E-state index contributed by atoms with van der Waals surface area (Å²) in [4.78, 5) is 14.7. The number of rotatable bonds is 8. The second-order valence-corrected chi connectivity index (χ2v) is 7.32. The minimum Gasteiger partial charge on any atom is -0.497 e. The van der Waals surface area contributed by atoms with Gasteiger partial charge in [0.1, 0.15) is 11.5 Å². The Kier molecular flexibility index (Phi) is 7.31. The van der Waals surface area contributed by atoms with Crippen LogP contribution < -0.4 is 14.8 Å². The lowest BCUT2D eigenvalue weighted by molar-refractivity contribution is -0.123. The van der Waals surface area contributed by atoms with Crippen molar-refractivity contribution in [3.8, 4) is 11.5 Å². The van der Waals surface area contributed by atoms with E-state index in [1.165, 1.54) is 24.8 Å². The smallest absolute Gasteiger partial charge is 0.258 e. The van der Waals surface area contributed by atoms with Crippen LogP contribution >= 0.6 is 0 Å². The normalized spacial score (nSPS) is 17.1. The van der Waals surface area contributed by atoms with Crippen molar-refractivity contribution in [2.24, 2.45) is 0 Å². The number of hydrogen-bond acceptors (Lipinski definition) is 4. The molecule has 2 aromatic carbocycles. The molecule has 1 aliphatic heterocycles. The molecule has 5 heteroatoms. The van der Waals surface area contributed by atoms with Crippen molar-refractivity contribution in [1.82, 2.24) is 10.2 Å². The highest BCUT2D eigenvalue weighted by Gasteiger charge is 2.19. The minimum absolute atomic E-state index is 0.00233. The molecule has 1 amide bonds. The third kappa shape index (κ3) is 5.73. The molecule has 0 bridgehead atoms. The van der Waals surface area contributed by atoms with E-state index < -0.39 is 0 Å². The first kappa shape index (κ1) is 20.2. The van der Waals surface area contributed by atoms with Crippen LogP contribution in [0.3, 0.4) is 0 Å². The Hall–Kier alpha value is -2.53. The van der Waals surface area contributed by atoms with E-state index in [0.717, 1.165) is 24.4 Å². The summed E-state index contributed by atoms with van der Waals surface area (Å²) in [6.45, 7) is 4.91. The Balaban J connectivity index is 1.50. The number of carbonyl (C=O) groups is 1. The van der Waals surface area contributed by atoms with E-state index in [1.54, 1.807) is 19.2 Å². The Morgan fingerprint density at radius 2 is 1.79 bits per heavy atom. The molecule has 1 N–H and O–H groups in total. The van der Waals surface area contributed by atoms with Crippen LogP contribution in [0.25, 0.3) is 0 Å². The standard InChI is InChI=1S/C23H30N2O3/c1-18-7-5-6-14-25(18)16-20-9-4-3-8-19(20)15-24-23(26)17-28-22-12-10-21(27-2)11-13-22/h3-4,8-13,18H,5-7,14-17H2,1-2H3,(H,24,26). The van der Waals surface area contributed by atoms with E-state index in [4.69, 9.17) is 9.47 Å². The van der Waals surface area contributed by atoms with Crippen LogP contribution in [0.4, 0.5) is 0 Å². The molecule has 1 saturated heterocycles. The van der Waals surface area contributed by atoms with Crippen molar-refractivity contribution in [3.05, 3.63) is 59.7 Å². The molecule has 5 nitrogen and oxygen atoms in total. The zero-order valence-electron chi connectivity index (χ0n) is 16.8. The topological polar surface area (TPSA) is 50.8 Å². The second-order valence-electron chi connectivity index (χ2n) is 7.32. The molecule has 1 aliphatic rings. The fourth-order valence-electron chi connectivity index (χ4n) is 3.56. The summed E-state index contributed by atoms with van der Waals surface area (Å²) in [5, 5.41) is 2.97. The lowest BCUT2D eigenvalue weighted by Crippen LogP contribution is -2.37. The molecule has 2 aromatic rings. The van der Waals surface area contributed by atoms with Crippen LogP contribution in [0.5, 0.6) is 11.5 Å².